The summed E-state index contributed by atoms with van der Waals surface area (Å²) in [6, 6.07) is 18.7. The van der Waals surface area contributed by atoms with Crippen molar-refractivity contribution in [1.29, 1.82) is 0 Å². The van der Waals surface area contributed by atoms with E-state index < -0.39 is 57.7 Å². The number of carbonyl (C=O) groups excluding carboxylic acids is 3. The summed E-state index contributed by atoms with van der Waals surface area (Å²) in [5.74, 6) is -4.00. The van der Waals surface area contributed by atoms with E-state index in [1.807, 2.05) is 25.1 Å². The number of aryl methyl sites for hydroxylation is 1. The van der Waals surface area contributed by atoms with Crippen LogP contribution >= 0.6 is 12.2 Å². The number of carboxylic acid groups (broad SMARTS) is 2. The number of fused-ring (bicyclic) bond motifs is 2. The Bertz CT molecular complexity index is 2920. The summed E-state index contributed by atoms with van der Waals surface area (Å²) in [7, 11) is -4.04. The third-order valence-electron chi connectivity index (χ3n) is 11.8. The first-order valence-electron chi connectivity index (χ1n) is 22.8. The summed E-state index contributed by atoms with van der Waals surface area (Å²) >= 11 is 5.53. The van der Waals surface area contributed by atoms with Gasteiger partial charge in [-0.2, -0.15) is 4.31 Å². The topological polar surface area (TPSA) is 306 Å². The average molecular weight is 997 g/mol. The highest BCUT2D eigenvalue weighted by atomic mass is 32.2. The Morgan fingerprint density at radius 1 is 0.871 bits per heavy atom. The molecule has 0 radical (unpaired) electrons. The van der Waals surface area contributed by atoms with E-state index in [4.69, 9.17) is 28.1 Å². The molecule has 0 aromatic heterocycles. The highest BCUT2D eigenvalue weighted by molar-refractivity contribution is 7.89. The number of aliphatic carboxylic acids is 1. The number of hydrogen-bond donors (Lipinski definition) is 8. The van der Waals surface area contributed by atoms with Crippen LogP contribution in [0.2, 0.25) is 0 Å². The molecule has 19 nitrogen and oxygen atoms in total. The van der Waals surface area contributed by atoms with E-state index in [1.54, 1.807) is 36.4 Å². The smallest absolute Gasteiger partial charge is 0.336 e. The van der Waals surface area contributed by atoms with E-state index in [9.17, 15) is 47.4 Å². The third-order valence-corrected chi connectivity index (χ3v) is 14.0. The minimum Gasteiger partial charge on any atom is -0.480 e. The Labute approximate surface area is 409 Å². The third kappa shape index (κ3) is 13.5. The number of amides is 2. The Kier molecular flexibility index (Phi) is 17.8. The molecule has 1 saturated heterocycles. The molecular weight excluding hydrogens is 941 g/mol. The number of Topliss-reactive ketones (excluding diaryl/α,β-unsaturated/α-hetero) is 1. The number of benzene rings is 4. The molecule has 3 aromatic rings. The zero-order chi connectivity index (χ0) is 50.5. The van der Waals surface area contributed by atoms with E-state index in [1.165, 1.54) is 30.3 Å². The van der Waals surface area contributed by atoms with Crippen molar-refractivity contribution in [2.24, 2.45) is 16.5 Å². The van der Waals surface area contributed by atoms with Gasteiger partial charge in [0, 0.05) is 60.7 Å². The zero-order valence-electron chi connectivity index (χ0n) is 38.4. The second-order valence-corrected chi connectivity index (χ2v) is 19.3. The van der Waals surface area contributed by atoms with Crippen LogP contribution < -0.4 is 38.2 Å². The van der Waals surface area contributed by atoms with Crippen LogP contribution in [0.5, 0.6) is 0 Å². The number of thiocarbonyl (C=S) groups is 1. The molecule has 0 unspecified atom stereocenters. The minimum atomic E-state index is -4.04. The van der Waals surface area contributed by atoms with Crippen molar-refractivity contribution in [3.8, 4) is 22.5 Å². The van der Waals surface area contributed by atoms with Gasteiger partial charge in [0.2, 0.25) is 21.8 Å². The lowest BCUT2D eigenvalue weighted by Gasteiger charge is -2.25. The van der Waals surface area contributed by atoms with E-state index >= 15 is 0 Å². The summed E-state index contributed by atoms with van der Waals surface area (Å²) in [5, 5.41) is 32.6. The normalized spacial score (nSPS) is 14.6. The standard InChI is InChI=1S/C49H56N8O11S2/c1-29-15-18-34-41(26-29)68-42-28-31(58)17-20-35(42)44(34)33-19-16-30(27-36(33)46(62)63)54-49(69)53-24-7-5-12-37(55-43(60)14-6-8-23-52-48(50)51)40(59)22-21-38(47(64)65)56-45(61)39-13-9-25-57(39)70(66,67)32-10-3-2-4-11-32/h2-4,10-11,15-20,26-28,37-39H,5-9,12-14,21-25H2,1H3,(H,55,60)(H,56,61)(H,62,63)(H,64,65)(H4,50,51,52)(H2,53,54,69)/t37-,38-,39-/m0/s1. The highest BCUT2D eigenvalue weighted by Crippen LogP contribution is 2.42. The number of guanidine groups is 1. The van der Waals surface area contributed by atoms with Gasteiger partial charge < -0.3 is 47.4 Å². The van der Waals surface area contributed by atoms with Crippen LogP contribution in [-0.2, 0) is 29.2 Å². The predicted molar refractivity (Wildman–Crippen MR) is 268 cm³/mol. The quantitative estimate of drug-likeness (QED) is 0.0144. The molecule has 0 bridgehead atoms. The van der Waals surface area contributed by atoms with Crippen LogP contribution in [0.1, 0.15) is 80.1 Å². The summed E-state index contributed by atoms with van der Waals surface area (Å²) in [6.07, 6.45) is 2.04. The molecule has 0 saturated carbocycles. The molecule has 2 aliphatic heterocycles. The first kappa shape index (κ1) is 52.1. The molecule has 6 rings (SSSR count). The van der Waals surface area contributed by atoms with Crippen LogP contribution in [0.25, 0.3) is 33.4 Å². The number of sulfonamides is 1. The molecule has 370 valence electrons. The number of ketones is 1. The van der Waals surface area contributed by atoms with Gasteiger partial charge in [0.1, 0.15) is 23.4 Å². The molecule has 3 atom stereocenters. The summed E-state index contributed by atoms with van der Waals surface area (Å²) in [5.41, 5.74) is 13.9. The molecule has 3 aliphatic rings. The van der Waals surface area contributed by atoms with Gasteiger partial charge in [-0.3, -0.25) is 24.2 Å². The molecule has 2 amide bonds. The van der Waals surface area contributed by atoms with Gasteiger partial charge in [-0.25, -0.2) is 18.0 Å². The van der Waals surface area contributed by atoms with E-state index in [0.717, 1.165) is 9.87 Å². The molecule has 2 heterocycles. The number of aromatic carboxylic acids is 1. The van der Waals surface area contributed by atoms with Gasteiger partial charge in [-0.1, -0.05) is 36.4 Å². The number of carbonyl (C=O) groups is 5. The number of hydrogen-bond acceptors (Lipinski definition) is 11. The summed E-state index contributed by atoms with van der Waals surface area (Å²) < 4.78 is 33.9. The van der Waals surface area contributed by atoms with Gasteiger partial charge in [-0.05, 0) is 124 Å². The number of aliphatic imine (C=N–C) groups is 1. The van der Waals surface area contributed by atoms with Crippen LogP contribution in [-0.4, -0.2) is 101 Å². The zero-order valence-corrected chi connectivity index (χ0v) is 40.1. The fourth-order valence-corrected chi connectivity index (χ4v) is 10.2. The van der Waals surface area contributed by atoms with Crippen LogP contribution in [0.3, 0.4) is 0 Å². The molecule has 70 heavy (non-hydrogen) atoms. The minimum absolute atomic E-state index is 0.00656. The van der Waals surface area contributed by atoms with Gasteiger partial charge in [0.25, 0.3) is 0 Å². The monoisotopic (exact) mass is 996 g/mol. The Balaban J connectivity index is 1.06. The van der Waals surface area contributed by atoms with Crippen molar-refractivity contribution in [3.05, 3.63) is 106 Å². The Morgan fingerprint density at radius 2 is 1.63 bits per heavy atom. The van der Waals surface area contributed by atoms with Crippen LogP contribution in [0.4, 0.5) is 5.69 Å². The SMILES string of the molecule is Cc1ccc2c(-c3ccc(NC(=S)NCCCC[C@H](NC(=O)CCCCN=C(N)N)C(=O)CC[C@H](NC(=O)[C@@H]4CCCN4S(=O)(=O)c4ccccc4)C(=O)O)cc3C(=O)O)c3ccc(=O)cc-3oc2c1. The molecule has 21 heteroatoms. The van der Waals surface area contributed by atoms with Crippen molar-refractivity contribution < 1.29 is 47.0 Å². The number of rotatable bonds is 23. The van der Waals surface area contributed by atoms with Crippen molar-refractivity contribution in [2.45, 2.75) is 94.2 Å². The van der Waals surface area contributed by atoms with Crippen molar-refractivity contribution >= 4 is 79.5 Å². The predicted octanol–water partition coefficient (Wildman–Crippen LogP) is 4.73. The van der Waals surface area contributed by atoms with Crippen molar-refractivity contribution in [3.63, 3.8) is 0 Å². The number of unbranched alkanes of at least 4 members (excludes halogenated alkanes) is 2. The molecule has 10 N–H and O–H groups in total. The highest BCUT2D eigenvalue weighted by Gasteiger charge is 2.40. The molecule has 3 aromatic carbocycles. The number of nitrogens with two attached hydrogens (primary N) is 2. The Hall–Kier alpha value is -7.23. The first-order valence-corrected chi connectivity index (χ1v) is 24.6. The van der Waals surface area contributed by atoms with Crippen molar-refractivity contribution in [1.82, 2.24) is 20.3 Å². The number of anilines is 1. The second kappa shape index (κ2) is 23.9. The maximum Gasteiger partial charge on any atom is 0.336 e. The lowest BCUT2D eigenvalue weighted by molar-refractivity contribution is -0.142. The largest absolute Gasteiger partial charge is 0.480 e. The summed E-state index contributed by atoms with van der Waals surface area (Å²) in [4.78, 5) is 81.4. The van der Waals surface area contributed by atoms with Crippen LogP contribution in [0, 0.1) is 6.92 Å². The number of nitrogens with zero attached hydrogens (tertiary/aromatic N) is 2. The molecule has 0 spiro atoms. The van der Waals surface area contributed by atoms with Crippen molar-refractivity contribution in [2.75, 3.05) is 25.0 Å². The van der Waals surface area contributed by atoms with Gasteiger partial charge in [-0.15, -0.1) is 0 Å². The second-order valence-electron chi connectivity index (χ2n) is 17.0. The van der Waals surface area contributed by atoms with E-state index in [-0.39, 0.29) is 65.6 Å². The fraction of sp³-hybridized carbons (Fsp3) is 0.347. The molecular formula is C49H56N8O11S2. The fourth-order valence-electron chi connectivity index (χ4n) is 8.33. The van der Waals surface area contributed by atoms with E-state index in [0.29, 0.717) is 84.3 Å². The van der Waals surface area contributed by atoms with Crippen LogP contribution in [0.15, 0.2) is 104 Å². The van der Waals surface area contributed by atoms with Gasteiger partial charge in [0.05, 0.1) is 16.5 Å². The van der Waals surface area contributed by atoms with Gasteiger partial charge in [0.15, 0.2) is 22.3 Å². The molecule has 1 aliphatic carbocycles. The summed E-state index contributed by atoms with van der Waals surface area (Å²) in [6.45, 7) is 2.62. The first-order chi connectivity index (χ1) is 33.4. The number of nitrogens with one attached hydrogen (secondary N) is 4. The number of carboxylic acids is 2. The lowest BCUT2D eigenvalue weighted by atomic mass is 9.90. The lowest BCUT2D eigenvalue weighted by Crippen LogP contribution is -2.51. The maximum atomic E-state index is 13.7. The molecule has 1 fully saturated rings. The van der Waals surface area contributed by atoms with Gasteiger partial charge >= 0.3 is 11.9 Å². The average Bonchev–Trinajstić information content (AvgIpc) is 3.83. The van der Waals surface area contributed by atoms with E-state index in [2.05, 4.69) is 26.3 Å². The Morgan fingerprint density at radius 3 is 2.36 bits per heavy atom. The maximum absolute atomic E-state index is 13.7.